The molecule has 3 aromatic carbocycles. The number of nitrogens with zero attached hydrogens (tertiary/aromatic N) is 1. The summed E-state index contributed by atoms with van der Waals surface area (Å²) in [6.07, 6.45) is 2.57. The molecule has 1 aromatic heterocycles. The number of carbonyl (C=O) groups is 1. The van der Waals surface area contributed by atoms with Crippen LogP contribution in [0.5, 0.6) is 0 Å². The molecule has 0 saturated carbocycles. The molecule has 0 bridgehead atoms. The summed E-state index contributed by atoms with van der Waals surface area (Å²) in [7, 11) is 0. The van der Waals surface area contributed by atoms with Crippen molar-refractivity contribution in [3.63, 3.8) is 0 Å². The Bertz CT molecular complexity index is 1020. The van der Waals surface area contributed by atoms with Crippen LogP contribution < -0.4 is 5.11 Å². The van der Waals surface area contributed by atoms with E-state index in [0.717, 1.165) is 28.4 Å². The number of carboxylic acids is 1. The predicted octanol–water partition coefficient (Wildman–Crippen LogP) is 3.55. The second-order valence-electron chi connectivity index (χ2n) is 5.61. The summed E-state index contributed by atoms with van der Waals surface area (Å²) in [6, 6.07) is 24.4. The van der Waals surface area contributed by atoms with Crippen molar-refractivity contribution in [2.45, 2.75) is 0 Å². The van der Waals surface area contributed by atoms with Crippen LogP contribution in [0.4, 0.5) is 0 Å². The molecule has 4 rings (SSSR count). The molecule has 0 aliphatic rings. The van der Waals surface area contributed by atoms with Gasteiger partial charge in [-0.2, -0.15) is 0 Å². The standard InChI is InChI=1S/C21H15NO2/c23-21(24)14-11-15-9-12-16(13-10-15)22-19-7-3-1-5-17(19)18-6-2-4-8-20(18)22/h1-14H,(H,23,24)/p-1/b14-11+. The van der Waals surface area contributed by atoms with Crippen molar-refractivity contribution in [3.8, 4) is 5.69 Å². The third kappa shape index (κ3) is 2.36. The number of carboxylic acid groups (broad SMARTS) is 1. The molecule has 3 heteroatoms. The van der Waals surface area contributed by atoms with Gasteiger partial charge in [-0.05, 0) is 35.9 Å². The minimum Gasteiger partial charge on any atom is -0.545 e. The lowest BCUT2D eigenvalue weighted by Crippen LogP contribution is -2.18. The molecule has 4 aromatic rings. The van der Waals surface area contributed by atoms with Crippen LogP contribution in [0.15, 0.2) is 78.9 Å². The quantitative estimate of drug-likeness (QED) is 0.543. The number of benzene rings is 3. The monoisotopic (exact) mass is 312 g/mol. The molecule has 0 spiro atoms. The number of hydrogen-bond acceptors (Lipinski definition) is 2. The van der Waals surface area contributed by atoms with Crippen LogP contribution in [-0.4, -0.2) is 10.5 Å². The maximum Gasteiger partial charge on any atom is 0.0643 e. The van der Waals surface area contributed by atoms with E-state index in [0.29, 0.717) is 0 Å². The zero-order valence-electron chi connectivity index (χ0n) is 12.8. The van der Waals surface area contributed by atoms with E-state index in [9.17, 15) is 9.90 Å². The van der Waals surface area contributed by atoms with Gasteiger partial charge in [0.1, 0.15) is 0 Å². The van der Waals surface area contributed by atoms with Crippen molar-refractivity contribution in [1.29, 1.82) is 0 Å². The van der Waals surface area contributed by atoms with E-state index in [4.69, 9.17) is 0 Å². The van der Waals surface area contributed by atoms with Gasteiger partial charge in [-0.15, -0.1) is 0 Å². The first-order valence-corrected chi connectivity index (χ1v) is 7.72. The van der Waals surface area contributed by atoms with E-state index in [-0.39, 0.29) is 0 Å². The highest BCUT2D eigenvalue weighted by Crippen LogP contribution is 2.31. The predicted molar refractivity (Wildman–Crippen MR) is 94.8 cm³/mol. The Balaban J connectivity index is 1.90. The van der Waals surface area contributed by atoms with Gasteiger partial charge in [0.25, 0.3) is 0 Å². The zero-order valence-corrected chi connectivity index (χ0v) is 12.8. The SMILES string of the molecule is O=C([O-])/C=C/c1ccc(-n2c3ccccc3c3ccccc32)cc1. The van der Waals surface area contributed by atoms with Crippen LogP contribution in [0.1, 0.15) is 5.56 Å². The van der Waals surface area contributed by atoms with Gasteiger partial charge in [0, 0.05) is 16.5 Å². The first-order valence-electron chi connectivity index (χ1n) is 7.72. The Kier molecular flexibility index (Phi) is 3.39. The summed E-state index contributed by atoms with van der Waals surface area (Å²) in [5.74, 6) is -1.19. The largest absolute Gasteiger partial charge is 0.545 e. The van der Waals surface area contributed by atoms with Crippen LogP contribution in [-0.2, 0) is 4.79 Å². The molecule has 24 heavy (non-hydrogen) atoms. The van der Waals surface area contributed by atoms with Gasteiger partial charge in [0.2, 0.25) is 0 Å². The number of rotatable bonds is 3. The summed E-state index contributed by atoms with van der Waals surface area (Å²) < 4.78 is 2.22. The Hall–Kier alpha value is -3.33. The minimum atomic E-state index is -1.19. The van der Waals surface area contributed by atoms with Gasteiger partial charge in [-0.3, -0.25) is 0 Å². The molecule has 0 radical (unpaired) electrons. The second-order valence-corrected chi connectivity index (χ2v) is 5.61. The summed E-state index contributed by atoms with van der Waals surface area (Å²) in [4.78, 5) is 10.5. The minimum absolute atomic E-state index is 0.823. The summed E-state index contributed by atoms with van der Waals surface area (Å²) in [5.41, 5.74) is 4.16. The molecular weight excluding hydrogens is 298 g/mol. The van der Waals surface area contributed by atoms with Gasteiger partial charge in [-0.25, -0.2) is 0 Å². The van der Waals surface area contributed by atoms with Crippen molar-refractivity contribution >= 4 is 33.9 Å². The number of para-hydroxylation sites is 2. The van der Waals surface area contributed by atoms with Crippen molar-refractivity contribution in [2.24, 2.45) is 0 Å². The van der Waals surface area contributed by atoms with Crippen molar-refractivity contribution in [1.82, 2.24) is 4.57 Å². The van der Waals surface area contributed by atoms with E-state index in [1.165, 1.54) is 16.8 Å². The first kappa shape index (κ1) is 14.3. The van der Waals surface area contributed by atoms with Gasteiger partial charge < -0.3 is 14.5 Å². The lowest BCUT2D eigenvalue weighted by atomic mass is 10.2. The molecule has 0 aliphatic carbocycles. The summed E-state index contributed by atoms with van der Waals surface area (Å²) >= 11 is 0. The van der Waals surface area contributed by atoms with E-state index in [1.54, 1.807) is 0 Å². The van der Waals surface area contributed by atoms with E-state index >= 15 is 0 Å². The average Bonchev–Trinajstić information content (AvgIpc) is 2.95. The Morgan fingerprint density at radius 1 is 0.792 bits per heavy atom. The molecule has 1 heterocycles. The number of hydrogen-bond donors (Lipinski definition) is 0. The highest BCUT2D eigenvalue weighted by Gasteiger charge is 2.10. The molecule has 0 aliphatic heterocycles. The van der Waals surface area contributed by atoms with Crippen molar-refractivity contribution in [3.05, 3.63) is 84.4 Å². The number of aromatic nitrogens is 1. The normalized spacial score (nSPS) is 11.5. The highest BCUT2D eigenvalue weighted by molar-refractivity contribution is 6.09. The molecule has 116 valence electrons. The van der Waals surface area contributed by atoms with Crippen molar-refractivity contribution < 1.29 is 9.90 Å². The molecule has 0 amide bonds. The molecule has 0 N–H and O–H groups in total. The molecule has 0 atom stereocenters. The number of aliphatic carboxylic acids is 1. The van der Waals surface area contributed by atoms with Crippen LogP contribution in [0, 0.1) is 0 Å². The van der Waals surface area contributed by atoms with Crippen LogP contribution >= 0.6 is 0 Å². The Morgan fingerprint density at radius 2 is 1.33 bits per heavy atom. The van der Waals surface area contributed by atoms with E-state index in [1.807, 2.05) is 48.5 Å². The van der Waals surface area contributed by atoms with Gasteiger partial charge in [-0.1, -0.05) is 54.6 Å². The fourth-order valence-electron chi connectivity index (χ4n) is 3.10. The summed E-state index contributed by atoms with van der Waals surface area (Å²) in [5, 5.41) is 13.0. The maximum absolute atomic E-state index is 10.5. The molecule has 0 saturated heterocycles. The highest BCUT2D eigenvalue weighted by atomic mass is 16.4. The third-order valence-electron chi connectivity index (χ3n) is 4.14. The van der Waals surface area contributed by atoms with E-state index < -0.39 is 5.97 Å². The lowest BCUT2D eigenvalue weighted by Gasteiger charge is -2.08. The topological polar surface area (TPSA) is 45.1 Å². The van der Waals surface area contributed by atoms with Crippen molar-refractivity contribution in [2.75, 3.05) is 0 Å². The first-order chi connectivity index (χ1) is 11.7. The van der Waals surface area contributed by atoms with Crippen LogP contribution in [0.3, 0.4) is 0 Å². The maximum atomic E-state index is 10.5. The molecular formula is C21H14NO2-. The molecule has 0 unspecified atom stereocenters. The fraction of sp³-hybridized carbons (Fsp3) is 0. The molecule has 3 nitrogen and oxygen atoms in total. The van der Waals surface area contributed by atoms with Gasteiger partial charge in [0.15, 0.2) is 0 Å². The summed E-state index contributed by atoms with van der Waals surface area (Å²) in [6.45, 7) is 0. The smallest absolute Gasteiger partial charge is 0.0643 e. The number of fused-ring (bicyclic) bond motifs is 3. The second kappa shape index (κ2) is 5.70. The van der Waals surface area contributed by atoms with Crippen LogP contribution in [0.25, 0.3) is 33.6 Å². The van der Waals surface area contributed by atoms with Crippen LogP contribution in [0.2, 0.25) is 0 Å². The molecule has 0 fully saturated rings. The van der Waals surface area contributed by atoms with Gasteiger partial charge in [0.05, 0.1) is 17.0 Å². The Labute approximate surface area is 139 Å². The fourth-order valence-corrected chi connectivity index (χ4v) is 3.10. The Morgan fingerprint density at radius 3 is 1.88 bits per heavy atom. The number of carbonyl (C=O) groups excluding carboxylic acids is 1. The van der Waals surface area contributed by atoms with E-state index in [2.05, 4.69) is 28.8 Å². The van der Waals surface area contributed by atoms with Gasteiger partial charge >= 0.3 is 0 Å². The average molecular weight is 312 g/mol. The zero-order chi connectivity index (χ0) is 16.5. The third-order valence-corrected chi connectivity index (χ3v) is 4.14. The lowest BCUT2D eigenvalue weighted by molar-refractivity contribution is -0.297.